The lowest BCUT2D eigenvalue weighted by atomic mass is 10.2. The molecule has 8 nitrogen and oxygen atoms in total. The number of fused-ring (bicyclic) bond motifs is 1. The quantitative estimate of drug-likeness (QED) is 0.664. The highest BCUT2D eigenvalue weighted by atomic mass is 16.3. The second kappa shape index (κ2) is 5.95. The first-order valence-corrected chi connectivity index (χ1v) is 7.95. The highest BCUT2D eigenvalue weighted by molar-refractivity contribution is 5.82. The van der Waals surface area contributed by atoms with Crippen molar-refractivity contribution < 1.29 is 9.21 Å². The smallest absolute Gasteiger partial charge is 0.254 e. The van der Waals surface area contributed by atoms with Crippen LogP contribution >= 0.6 is 0 Å². The second-order valence-electron chi connectivity index (χ2n) is 5.94. The molecule has 3 aromatic heterocycles. The number of rotatable bonds is 6. The fourth-order valence-electron chi connectivity index (χ4n) is 2.87. The molecule has 24 heavy (non-hydrogen) atoms. The van der Waals surface area contributed by atoms with Crippen molar-refractivity contribution in [2.24, 2.45) is 5.92 Å². The average Bonchev–Trinajstić information content (AvgIpc) is 2.98. The van der Waals surface area contributed by atoms with E-state index in [2.05, 4.69) is 25.7 Å². The van der Waals surface area contributed by atoms with E-state index in [9.17, 15) is 4.79 Å². The molecule has 0 bridgehead atoms. The lowest BCUT2D eigenvalue weighted by Gasteiger charge is -2.09. The number of carbonyl (C=O) groups excluding carboxylic acids is 1. The van der Waals surface area contributed by atoms with Crippen molar-refractivity contribution in [3.63, 3.8) is 0 Å². The Balaban J connectivity index is 1.27. The van der Waals surface area contributed by atoms with E-state index in [1.54, 1.807) is 10.8 Å². The van der Waals surface area contributed by atoms with Crippen LogP contribution in [0.1, 0.15) is 23.8 Å². The molecule has 1 amide bonds. The van der Waals surface area contributed by atoms with Crippen molar-refractivity contribution in [2.45, 2.75) is 19.3 Å². The molecule has 0 spiro atoms. The van der Waals surface area contributed by atoms with E-state index >= 15 is 0 Å². The molecule has 0 radical (unpaired) electrons. The van der Waals surface area contributed by atoms with Crippen molar-refractivity contribution >= 4 is 17.5 Å². The summed E-state index contributed by atoms with van der Waals surface area (Å²) in [5.41, 5.74) is 0.862. The topological polar surface area (TPSA) is 97.3 Å². The van der Waals surface area contributed by atoms with Gasteiger partial charge < -0.3 is 15.1 Å². The van der Waals surface area contributed by atoms with Gasteiger partial charge in [-0.25, -0.2) is 4.98 Å². The van der Waals surface area contributed by atoms with E-state index in [0.29, 0.717) is 18.9 Å². The van der Waals surface area contributed by atoms with Gasteiger partial charge in [0.15, 0.2) is 0 Å². The predicted octanol–water partition coefficient (Wildman–Crippen LogP) is 1.36. The Morgan fingerprint density at radius 3 is 3.21 bits per heavy atom. The van der Waals surface area contributed by atoms with Crippen LogP contribution in [0.4, 0.5) is 5.82 Å². The van der Waals surface area contributed by atoms with Crippen LogP contribution in [0.25, 0.3) is 5.78 Å². The number of nitrogens with one attached hydrogen (secondary N) is 2. The summed E-state index contributed by atoms with van der Waals surface area (Å²) < 4.78 is 6.99. The zero-order valence-corrected chi connectivity index (χ0v) is 13.3. The minimum absolute atomic E-state index is 0.0290. The van der Waals surface area contributed by atoms with Crippen molar-refractivity contribution in [3.05, 3.63) is 42.2 Å². The van der Waals surface area contributed by atoms with Crippen LogP contribution in [0.3, 0.4) is 0 Å². The molecule has 4 rings (SSSR count). The van der Waals surface area contributed by atoms with Gasteiger partial charge in [-0.3, -0.25) is 4.79 Å². The lowest BCUT2D eigenvalue weighted by molar-refractivity contribution is -0.122. The molecule has 2 atom stereocenters. The summed E-state index contributed by atoms with van der Waals surface area (Å²) in [5.74, 6) is 2.60. The van der Waals surface area contributed by atoms with E-state index in [1.807, 2.05) is 25.1 Å². The third kappa shape index (κ3) is 2.82. The van der Waals surface area contributed by atoms with Crippen LogP contribution in [0.5, 0.6) is 0 Å². The Morgan fingerprint density at radius 2 is 2.38 bits per heavy atom. The summed E-state index contributed by atoms with van der Waals surface area (Å²) in [5, 5.41) is 10.3. The van der Waals surface area contributed by atoms with Crippen LogP contribution in [0.15, 0.2) is 35.2 Å². The number of aryl methyl sites for hydroxylation is 1. The van der Waals surface area contributed by atoms with Gasteiger partial charge in [0.25, 0.3) is 5.78 Å². The van der Waals surface area contributed by atoms with E-state index in [-0.39, 0.29) is 17.7 Å². The molecule has 3 aromatic rings. The van der Waals surface area contributed by atoms with Gasteiger partial charge in [0, 0.05) is 36.7 Å². The van der Waals surface area contributed by atoms with Crippen molar-refractivity contribution in [1.82, 2.24) is 24.9 Å². The summed E-state index contributed by atoms with van der Waals surface area (Å²) >= 11 is 0. The molecule has 0 aliphatic heterocycles. The number of amides is 1. The summed E-state index contributed by atoms with van der Waals surface area (Å²) in [6, 6.07) is 5.68. The fourth-order valence-corrected chi connectivity index (χ4v) is 2.87. The molecule has 0 unspecified atom stereocenters. The van der Waals surface area contributed by atoms with Gasteiger partial charge in [0.05, 0.1) is 6.26 Å². The summed E-state index contributed by atoms with van der Waals surface area (Å²) in [6.45, 7) is 3.05. The molecule has 3 heterocycles. The molecule has 2 N–H and O–H groups in total. The normalized spacial score (nSPS) is 19.4. The molecule has 0 aromatic carbocycles. The number of hydrogen-bond donors (Lipinski definition) is 2. The lowest BCUT2D eigenvalue weighted by Crippen LogP contribution is -2.30. The first-order chi connectivity index (χ1) is 11.7. The molecule has 0 saturated heterocycles. The Kier molecular flexibility index (Phi) is 3.64. The van der Waals surface area contributed by atoms with Crippen molar-refractivity contribution in [2.75, 3.05) is 18.4 Å². The zero-order chi connectivity index (χ0) is 16.5. The molecular formula is C16H18N6O2. The van der Waals surface area contributed by atoms with Crippen molar-refractivity contribution in [3.8, 4) is 0 Å². The Bertz CT molecular complexity index is 857. The van der Waals surface area contributed by atoms with Crippen LogP contribution in [-0.2, 0) is 4.79 Å². The molecule has 1 aliphatic carbocycles. The number of furan rings is 1. The molecule has 1 saturated carbocycles. The standard InChI is InChI=1S/C16H18N6O2/c1-10-7-14(22-16(21-10)19-9-20-22)17-4-5-18-15(23)12-8-11(12)13-3-2-6-24-13/h2-3,6-7,9,11-12,17H,4-5,8H2,1H3,(H,18,23)/t11-,12-/m0/s1. The van der Waals surface area contributed by atoms with Crippen LogP contribution < -0.4 is 10.6 Å². The highest BCUT2D eigenvalue weighted by Gasteiger charge is 2.45. The number of aromatic nitrogens is 4. The Hall–Kier alpha value is -2.90. The van der Waals surface area contributed by atoms with Gasteiger partial charge in [-0.15, -0.1) is 0 Å². The molecule has 8 heteroatoms. The number of anilines is 1. The minimum atomic E-state index is 0.0290. The van der Waals surface area contributed by atoms with Gasteiger partial charge in [-0.1, -0.05) is 0 Å². The zero-order valence-electron chi connectivity index (χ0n) is 13.3. The number of hydrogen-bond acceptors (Lipinski definition) is 6. The summed E-state index contributed by atoms with van der Waals surface area (Å²) in [6.07, 6.45) is 3.97. The first-order valence-electron chi connectivity index (χ1n) is 7.95. The maximum absolute atomic E-state index is 12.1. The van der Waals surface area contributed by atoms with Gasteiger partial charge in [-0.2, -0.15) is 14.6 Å². The summed E-state index contributed by atoms with van der Waals surface area (Å²) in [4.78, 5) is 20.5. The van der Waals surface area contributed by atoms with E-state index < -0.39 is 0 Å². The predicted molar refractivity (Wildman–Crippen MR) is 86.6 cm³/mol. The van der Waals surface area contributed by atoms with E-state index in [4.69, 9.17) is 4.42 Å². The van der Waals surface area contributed by atoms with Crippen molar-refractivity contribution in [1.29, 1.82) is 0 Å². The fraction of sp³-hybridized carbons (Fsp3) is 0.375. The third-order valence-corrected chi connectivity index (χ3v) is 4.15. The van der Waals surface area contributed by atoms with Gasteiger partial charge in [-0.05, 0) is 25.5 Å². The maximum Gasteiger partial charge on any atom is 0.254 e. The largest absolute Gasteiger partial charge is 0.469 e. The van der Waals surface area contributed by atoms with E-state index in [1.165, 1.54) is 6.33 Å². The van der Waals surface area contributed by atoms with Gasteiger partial charge in [0.1, 0.15) is 17.9 Å². The second-order valence-corrected chi connectivity index (χ2v) is 5.94. The van der Waals surface area contributed by atoms with Crippen LogP contribution in [0, 0.1) is 12.8 Å². The number of nitrogens with zero attached hydrogens (tertiary/aromatic N) is 4. The number of carbonyl (C=O) groups is 1. The Labute approximate surface area is 138 Å². The van der Waals surface area contributed by atoms with Gasteiger partial charge in [0.2, 0.25) is 5.91 Å². The minimum Gasteiger partial charge on any atom is -0.469 e. The maximum atomic E-state index is 12.1. The highest BCUT2D eigenvalue weighted by Crippen LogP contribution is 2.47. The van der Waals surface area contributed by atoms with Crippen LogP contribution in [0.2, 0.25) is 0 Å². The Morgan fingerprint density at radius 1 is 1.46 bits per heavy atom. The van der Waals surface area contributed by atoms with Gasteiger partial charge >= 0.3 is 0 Å². The molecule has 1 fully saturated rings. The third-order valence-electron chi connectivity index (χ3n) is 4.15. The SMILES string of the molecule is Cc1cc(NCCNC(=O)[C@H]2C[C@@H]2c2ccco2)n2ncnc2n1. The summed E-state index contributed by atoms with van der Waals surface area (Å²) in [7, 11) is 0. The molecule has 124 valence electrons. The molecular weight excluding hydrogens is 308 g/mol. The van der Waals surface area contributed by atoms with E-state index in [0.717, 1.165) is 23.7 Å². The first kappa shape index (κ1) is 14.7. The monoisotopic (exact) mass is 326 g/mol. The average molecular weight is 326 g/mol. The van der Waals surface area contributed by atoms with Crippen LogP contribution in [-0.4, -0.2) is 38.6 Å². The molecule has 1 aliphatic rings.